The third-order valence-electron chi connectivity index (χ3n) is 4.88. The molecule has 1 N–H and O–H groups in total. The lowest BCUT2D eigenvalue weighted by Gasteiger charge is -2.34. The number of fused-ring (bicyclic) bond motifs is 1. The van der Waals surface area contributed by atoms with Crippen LogP contribution in [0.5, 0.6) is 0 Å². The minimum absolute atomic E-state index is 0.0310. The maximum atomic E-state index is 12.1. The van der Waals surface area contributed by atoms with Crippen LogP contribution in [0.1, 0.15) is 39.4 Å². The van der Waals surface area contributed by atoms with Crippen molar-refractivity contribution in [2.45, 2.75) is 52.2 Å². The molecule has 0 radical (unpaired) electrons. The highest BCUT2D eigenvalue weighted by molar-refractivity contribution is 5.95. The number of benzene rings is 1. The number of imidazole rings is 1. The summed E-state index contributed by atoms with van der Waals surface area (Å²) in [7, 11) is 1.89. The van der Waals surface area contributed by atoms with Gasteiger partial charge in [-0.3, -0.25) is 10.1 Å². The molecule has 2 heterocycles. The molecule has 2 aromatic rings. The summed E-state index contributed by atoms with van der Waals surface area (Å²) in [5, 5.41) is 14.6. The third-order valence-corrected chi connectivity index (χ3v) is 4.88. The molecule has 1 atom stereocenters. The molecule has 1 aliphatic heterocycles. The van der Waals surface area contributed by atoms with Crippen LogP contribution in [-0.2, 0) is 11.8 Å². The molecule has 1 saturated heterocycles. The van der Waals surface area contributed by atoms with E-state index >= 15 is 0 Å². The van der Waals surface area contributed by atoms with Crippen LogP contribution in [-0.4, -0.2) is 45.3 Å². The molecule has 0 bridgehead atoms. The quantitative estimate of drug-likeness (QED) is 0.638. The second-order valence-electron chi connectivity index (χ2n) is 8.21. The van der Waals surface area contributed by atoms with Crippen LogP contribution in [0.25, 0.3) is 11.0 Å². The number of carbonyl (C=O) groups excluding carboxylic acids is 1. The summed E-state index contributed by atoms with van der Waals surface area (Å²) in [5.74, 6) is 0.789. The number of amides is 1. The van der Waals surface area contributed by atoms with E-state index < -0.39 is 11.7 Å². The summed E-state index contributed by atoms with van der Waals surface area (Å²) in [6.07, 6.45) is 1.13. The third kappa shape index (κ3) is 4.02. The van der Waals surface area contributed by atoms with E-state index in [4.69, 9.17) is 4.74 Å². The van der Waals surface area contributed by atoms with Crippen molar-refractivity contribution >= 4 is 28.5 Å². The van der Waals surface area contributed by atoms with E-state index in [9.17, 15) is 14.9 Å². The zero-order chi connectivity index (χ0) is 20.6. The Kier molecular flexibility index (Phi) is 5.18. The summed E-state index contributed by atoms with van der Waals surface area (Å²) in [5.41, 5.74) is 1.44. The zero-order valence-corrected chi connectivity index (χ0v) is 17.0. The highest BCUT2D eigenvalue weighted by atomic mass is 16.6. The van der Waals surface area contributed by atoms with E-state index in [-0.39, 0.29) is 16.7 Å². The maximum absolute atomic E-state index is 12.1. The molecule has 0 unspecified atom stereocenters. The average Bonchev–Trinajstić information content (AvgIpc) is 2.87. The van der Waals surface area contributed by atoms with Gasteiger partial charge in [-0.15, -0.1) is 0 Å². The number of nitro groups is 1. The number of piperidine rings is 1. The first-order valence-corrected chi connectivity index (χ1v) is 9.41. The molecule has 9 nitrogen and oxygen atoms in total. The van der Waals surface area contributed by atoms with Crippen molar-refractivity contribution in [2.75, 3.05) is 18.0 Å². The Labute approximate surface area is 163 Å². The number of nitrogens with one attached hydrogen (secondary N) is 1. The van der Waals surface area contributed by atoms with Crippen molar-refractivity contribution in [3.05, 3.63) is 28.1 Å². The van der Waals surface area contributed by atoms with Gasteiger partial charge in [0.05, 0.1) is 10.4 Å². The topological polar surface area (TPSA) is 103 Å². The molecule has 9 heteroatoms. The van der Waals surface area contributed by atoms with Gasteiger partial charge in [-0.05, 0) is 46.6 Å². The van der Waals surface area contributed by atoms with E-state index in [1.54, 1.807) is 6.07 Å². The van der Waals surface area contributed by atoms with Gasteiger partial charge in [-0.2, -0.15) is 0 Å². The number of nitrogens with zero attached hydrogens (tertiary/aromatic N) is 4. The molecule has 0 spiro atoms. The molecule has 1 amide bonds. The van der Waals surface area contributed by atoms with Crippen LogP contribution in [0.3, 0.4) is 0 Å². The minimum atomic E-state index is -0.575. The van der Waals surface area contributed by atoms with Crippen LogP contribution in [0, 0.1) is 17.0 Å². The molecule has 1 aromatic heterocycles. The van der Waals surface area contributed by atoms with Gasteiger partial charge in [0.1, 0.15) is 22.6 Å². The summed E-state index contributed by atoms with van der Waals surface area (Å²) < 4.78 is 7.26. The Bertz CT molecular complexity index is 915. The van der Waals surface area contributed by atoms with Crippen molar-refractivity contribution in [1.82, 2.24) is 14.9 Å². The fourth-order valence-electron chi connectivity index (χ4n) is 3.58. The lowest BCUT2D eigenvalue weighted by molar-refractivity contribution is -0.384. The Balaban J connectivity index is 1.91. The van der Waals surface area contributed by atoms with Crippen LogP contribution >= 0.6 is 0 Å². The molecular weight excluding hydrogens is 362 g/mol. The number of hydrogen-bond donors (Lipinski definition) is 1. The first-order valence-electron chi connectivity index (χ1n) is 9.41. The Morgan fingerprint density at radius 3 is 2.75 bits per heavy atom. The van der Waals surface area contributed by atoms with E-state index in [0.717, 1.165) is 24.2 Å². The Morgan fingerprint density at radius 1 is 1.39 bits per heavy atom. The van der Waals surface area contributed by atoms with Crippen molar-refractivity contribution in [2.24, 2.45) is 7.05 Å². The second-order valence-corrected chi connectivity index (χ2v) is 8.21. The van der Waals surface area contributed by atoms with Crippen LogP contribution in [0.2, 0.25) is 0 Å². The lowest BCUT2D eigenvalue weighted by atomic mass is 10.0. The number of hydrogen-bond acceptors (Lipinski definition) is 6. The maximum Gasteiger partial charge on any atom is 0.407 e. The fraction of sp³-hybridized carbons (Fsp3) is 0.579. The van der Waals surface area contributed by atoms with E-state index in [1.807, 2.05) is 44.2 Å². The number of carbonyl (C=O) groups is 1. The molecule has 0 aliphatic carbocycles. The molecule has 152 valence electrons. The van der Waals surface area contributed by atoms with Gasteiger partial charge in [0.25, 0.3) is 5.69 Å². The first-order chi connectivity index (χ1) is 13.1. The van der Waals surface area contributed by atoms with Gasteiger partial charge < -0.3 is 19.5 Å². The van der Waals surface area contributed by atoms with Crippen molar-refractivity contribution < 1.29 is 14.5 Å². The SMILES string of the molecule is Cc1nc2c(N3CCC[C@@H](NC(=O)OC(C)(C)C)C3)c([N+](=O)[O-])ccc2n1C. The second kappa shape index (κ2) is 7.29. The number of rotatable bonds is 3. The van der Waals surface area contributed by atoms with Gasteiger partial charge in [0, 0.05) is 32.2 Å². The van der Waals surface area contributed by atoms with Crippen LogP contribution in [0.4, 0.5) is 16.2 Å². The molecule has 1 aliphatic rings. The highest BCUT2D eigenvalue weighted by Crippen LogP contribution is 2.37. The summed E-state index contributed by atoms with van der Waals surface area (Å²) in [6, 6.07) is 3.12. The normalized spacial score (nSPS) is 17.6. The van der Waals surface area contributed by atoms with Crippen molar-refractivity contribution in [1.29, 1.82) is 0 Å². The summed E-state index contributed by atoms with van der Waals surface area (Å²) >= 11 is 0. The predicted octanol–water partition coefficient (Wildman–Crippen LogP) is 3.28. The van der Waals surface area contributed by atoms with Crippen LogP contribution < -0.4 is 10.2 Å². The first kappa shape index (κ1) is 19.9. The molecule has 1 fully saturated rings. The van der Waals surface area contributed by atoms with Gasteiger partial charge in [-0.25, -0.2) is 9.78 Å². The van der Waals surface area contributed by atoms with E-state index in [2.05, 4.69) is 10.3 Å². The van der Waals surface area contributed by atoms with Crippen molar-refractivity contribution in [3.8, 4) is 0 Å². The zero-order valence-electron chi connectivity index (χ0n) is 17.0. The fourth-order valence-corrected chi connectivity index (χ4v) is 3.58. The number of aryl methyl sites for hydroxylation is 2. The minimum Gasteiger partial charge on any atom is -0.444 e. The van der Waals surface area contributed by atoms with E-state index in [0.29, 0.717) is 24.3 Å². The molecule has 28 heavy (non-hydrogen) atoms. The smallest absolute Gasteiger partial charge is 0.407 e. The lowest BCUT2D eigenvalue weighted by Crippen LogP contribution is -2.49. The van der Waals surface area contributed by atoms with Crippen LogP contribution in [0.15, 0.2) is 12.1 Å². The van der Waals surface area contributed by atoms with Gasteiger partial charge in [-0.1, -0.05) is 0 Å². The summed E-state index contributed by atoms with van der Waals surface area (Å²) in [6.45, 7) is 8.45. The number of ether oxygens (including phenoxy) is 1. The molecule has 3 rings (SSSR count). The number of nitro benzene ring substituents is 1. The van der Waals surface area contributed by atoms with Gasteiger partial charge in [0.2, 0.25) is 0 Å². The van der Waals surface area contributed by atoms with Gasteiger partial charge >= 0.3 is 6.09 Å². The van der Waals surface area contributed by atoms with E-state index in [1.165, 1.54) is 6.07 Å². The predicted molar refractivity (Wildman–Crippen MR) is 107 cm³/mol. The summed E-state index contributed by atoms with van der Waals surface area (Å²) in [4.78, 5) is 30.0. The van der Waals surface area contributed by atoms with Crippen molar-refractivity contribution in [3.63, 3.8) is 0 Å². The highest BCUT2D eigenvalue weighted by Gasteiger charge is 2.30. The molecule has 1 aromatic carbocycles. The Hall–Kier alpha value is -2.84. The Morgan fingerprint density at radius 2 is 2.11 bits per heavy atom. The van der Waals surface area contributed by atoms with Gasteiger partial charge in [0.15, 0.2) is 0 Å². The largest absolute Gasteiger partial charge is 0.444 e. The number of aromatic nitrogens is 2. The molecular formula is C19H27N5O4. The monoisotopic (exact) mass is 389 g/mol. The molecule has 0 saturated carbocycles. The average molecular weight is 389 g/mol. The number of anilines is 1. The standard InChI is InChI=1S/C19H27N5O4/c1-12-20-16-14(22(12)5)8-9-15(24(26)27)17(16)23-10-6-7-13(11-23)21-18(25)28-19(2,3)4/h8-9,13H,6-7,10-11H2,1-5H3,(H,21,25)/t13-/m1/s1. The number of alkyl carbamates (subject to hydrolysis) is 1.